The van der Waals surface area contributed by atoms with Crippen molar-refractivity contribution in [1.29, 1.82) is 0 Å². The summed E-state index contributed by atoms with van der Waals surface area (Å²) >= 11 is 0. The van der Waals surface area contributed by atoms with Crippen molar-refractivity contribution in [1.82, 2.24) is 14.6 Å². The summed E-state index contributed by atoms with van der Waals surface area (Å²) in [5.74, 6) is 0. The molecule has 1 aromatic heterocycles. The van der Waals surface area contributed by atoms with E-state index in [0.29, 0.717) is 12.2 Å². The van der Waals surface area contributed by atoms with Crippen LogP contribution in [0.3, 0.4) is 0 Å². The molecular weight excluding hydrogens is 254 g/mol. The molecule has 0 atom stereocenters. The molecule has 0 radical (unpaired) electrons. The average Bonchev–Trinajstić information content (AvgIpc) is 2.72. The largest absolute Gasteiger partial charge is 0.315 e. The highest BCUT2D eigenvalue weighted by atomic mass is 32.2. The van der Waals surface area contributed by atoms with Crippen LogP contribution in [0.5, 0.6) is 0 Å². The molecule has 0 spiro atoms. The topological polar surface area (TPSA) is 75.4 Å². The maximum absolute atomic E-state index is 12.3. The van der Waals surface area contributed by atoms with E-state index in [0.717, 1.165) is 10.8 Å². The van der Waals surface area contributed by atoms with Gasteiger partial charge in [0.05, 0.1) is 29.7 Å². The lowest BCUT2D eigenvalue weighted by Crippen LogP contribution is -2.22. The molecule has 6 nitrogen and oxygen atoms in total. The van der Waals surface area contributed by atoms with E-state index < -0.39 is 15.1 Å². The van der Waals surface area contributed by atoms with Crippen molar-refractivity contribution in [2.24, 2.45) is 0 Å². The van der Waals surface area contributed by atoms with Crippen LogP contribution in [0.25, 0.3) is 0 Å². The van der Waals surface area contributed by atoms with Crippen molar-refractivity contribution in [2.45, 2.75) is 57.2 Å². The number of rotatable bonds is 3. The van der Waals surface area contributed by atoms with Crippen LogP contribution in [0.2, 0.25) is 0 Å². The molecule has 0 fully saturated rings. The molecule has 0 amide bonds. The van der Waals surface area contributed by atoms with Gasteiger partial charge in [0.1, 0.15) is 0 Å². The first-order valence-electron chi connectivity index (χ1n) is 6.02. The average molecular weight is 273 g/mol. The van der Waals surface area contributed by atoms with Gasteiger partial charge in [-0.25, -0.2) is 13.4 Å². The molecule has 1 N–H and O–H groups in total. The predicted octanol–water partition coefficient (Wildman–Crippen LogP) is 1.35. The van der Waals surface area contributed by atoms with Crippen molar-refractivity contribution < 1.29 is 13.6 Å². The summed E-state index contributed by atoms with van der Waals surface area (Å²) in [5.41, 5.74) is 1.46. The van der Waals surface area contributed by atoms with Crippen LogP contribution in [-0.2, 0) is 22.9 Å². The molecule has 1 aliphatic rings. The Labute approximate surface area is 107 Å². The number of hydroxylamine groups is 2. The van der Waals surface area contributed by atoms with Crippen LogP contribution >= 0.6 is 0 Å². The van der Waals surface area contributed by atoms with E-state index in [1.807, 2.05) is 13.8 Å². The molecule has 0 aromatic carbocycles. The SMILES string of the molecule is CC(C)n1c(S(=O)(=O)C(C)C)nc2c1CN(O)C2. The molecule has 7 heteroatoms. The molecule has 2 rings (SSSR count). The lowest BCUT2D eigenvalue weighted by atomic mass is 10.3. The van der Waals surface area contributed by atoms with Crippen LogP contribution in [-0.4, -0.2) is 33.5 Å². The molecule has 18 heavy (non-hydrogen) atoms. The van der Waals surface area contributed by atoms with Crippen molar-refractivity contribution in [2.75, 3.05) is 0 Å². The zero-order chi connectivity index (χ0) is 13.7. The number of fused-ring (bicyclic) bond motifs is 1. The second-order valence-electron chi connectivity index (χ2n) is 5.17. The third-order valence-corrected chi connectivity index (χ3v) is 5.15. The van der Waals surface area contributed by atoms with Crippen molar-refractivity contribution in [3.05, 3.63) is 11.4 Å². The molecule has 0 bridgehead atoms. The van der Waals surface area contributed by atoms with Gasteiger partial charge in [-0.1, -0.05) is 0 Å². The number of hydrogen-bond donors (Lipinski definition) is 1. The van der Waals surface area contributed by atoms with E-state index in [2.05, 4.69) is 4.98 Å². The molecule has 2 heterocycles. The lowest BCUT2D eigenvalue weighted by Gasteiger charge is -2.17. The zero-order valence-corrected chi connectivity index (χ0v) is 11.9. The van der Waals surface area contributed by atoms with Gasteiger partial charge in [0, 0.05) is 6.04 Å². The smallest absolute Gasteiger partial charge is 0.228 e. The molecule has 1 aliphatic heterocycles. The molecule has 1 aromatic rings. The third kappa shape index (κ3) is 1.96. The van der Waals surface area contributed by atoms with Crippen molar-refractivity contribution in [3.63, 3.8) is 0 Å². The Hall–Kier alpha value is -0.920. The Morgan fingerprint density at radius 1 is 1.22 bits per heavy atom. The first kappa shape index (κ1) is 13.5. The minimum absolute atomic E-state index is 0.00345. The van der Waals surface area contributed by atoms with E-state index in [9.17, 15) is 13.6 Å². The number of nitrogens with zero attached hydrogens (tertiary/aromatic N) is 3. The van der Waals surface area contributed by atoms with E-state index in [1.54, 1.807) is 18.4 Å². The summed E-state index contributed by atoms with van der Waals surface area (Å²) < 4.78 is 26.3. The normalized spacial score (nSPS) is 16.8. The van der Waals surface area contributed by atoms with E-state index in [1.165, 1.54) is 0 Å². The second kappa shape index (κ2) is 4.32. The van der Waals surface area contributed by atoms with Crippen LogP contribution < -0.4 is 0 Å². The number of aromatic nitrogens is 2. The standard InChI is InChI=1S/C11H19N3O3S/c1-7(2)14-10-6-13(15)5-9(10)12-11(14)18(16,17)8(3)4/h7-8,15H,5-6H2,1-4H3. The van der Waals surface area contributed by atoms with Gasteiger partial charge in [-0.3, -0.25) is 0 Å². The summed E-state index contributed by atoms with van der Waals surface area (Å²) in [6.07, 6.45) is 0. The van der Waals surface area contributed by atoms with Crippen LogP contribution in [0.15, 0.2) is 5.16 Å². The highest BCUT2D eigenvalue weighted by Crippen LogP contribution is 2.29. The Morgan fingerprint density at radius 2 is 1.83 bits per heavy atom. The zero-order valence-electron chi connectivity index (χ0n) is 11.1. The Morgan fingerprint density at radius 3 is 2.33 bits per heavy atom. The first-order chi connectivity index (χ1) is 8.25. The number of sulfone groups is 1. The van der Waals surface area contributed by atoms with Gasteiger partial charge in [-0.15, -0.1) is 0 Å². The summed E-state index contributed by atoms with van der Waals surface area (Å²) in [6.45, 7) is 7.75. The van der Waals surface area contributed by atoms with Gasteiger partial charge >= 0.3 is 0 Å². The number of hydrogen-bond acceptors (Lipinski definition) is 5. The lowest BCUT2D eigenvalue weighted by molar-refractivity contribution is -0.0989. The maximum Gasteiger partial charge on any atom is 0.228 e. The third-order valence-electron chi connectivity index (χ3n) is 3.12. The Balaban J connectivity index is 2.62. The maximum atomic E-state index is 12.3. The van der Waals surface area contributed by atoms with Crippen molar-refractivity contribution >= 4 is 9.84 Å². The Kier molecular flexibility index (Phi) is 3.25. The summed E-state index contributed by atoms with van der Waals surface area (Å²) in [6, 6.07) is -0.00345. The molecule has 0 saturated heterocycles. The fourth-order valence-corrected chi connectivity index (χ4v) is 3.38. The predicted molar refractivity (Wildman–Crippen MR) is 66.0 cm³/mol. The fourth-order valence-electron chi connectivity index (χ4n) is 2.13. The summed E-state index contributed by atoms with van der Waals surface area (Å²) in [5, 5.41) is 10.3. The Bertz CT molecular complexity index is 560. The van der Waals surface area contributed by atoms with Crippen LogP contribution in [0.4, 0.5) is 0 Å². The fraction of sp³-hybridized carbons (Fsp3) is 0.727. The van der Waals surface area contributed by atoms with Gasteiger partial charge in [0.15, 0.2) is 0 Å². The van der Waals surface area contributed by atoms with Crippen LogP contribution in [0, 0.1) is 0 Å². The van der Waals surface area contributed by atoms with E-state index in [4.69, 9.17) is 0 Å². The molecular formula is C11H19N3O3S. The van der Waals surface area contributed by atoms with Crippen molar-refractivity contribution in [3.8, 4) is 0 Å². The minimum Gasteiger partial charge on any atom is -0.315 e. The first-order valence-corrected chi connectivity index (χ1v) is 7.57. The molecule has 102 valence electrons. The minimum atomic E-state index is -3.40. The van der Waals surface area contributed by atoms with Gasteiger partial charge in [-0.2, -0.15) is 5.06 Å². The molecule has 0 aliphatic carbocycles. The van der Waals surface area contributed by atoms with Gasteiger partial charge in [0.2, 0.25) is 15.0 Å². The second-order valence-corrected chi connectivity index (χ2v) is 7.57. The van der Waals surface area contributed by atoms with E-state index in [-0.39, 0.29) is 17.7 Å². The number of imidazole rings is 1. The highest BCUT2D eigenvalue weighted by Gasteiger charge is 2.33. The molecule has 0 unspecified atom stereocenters. The monoisotopic (exact) mass is 273 g/mol. The summed E-state index contributed by atoms with van der Waals surface area (Å²) in [4.78, 5) is 4.23. The van der Waals surface area contributed by atoms with E-state index >= 15 is 0 Å². The van der Waals surface area contributed by atoms with Gasteiger partial charge < -0.3 is 9.77 Å². The van der Waals surface area contributed by atoms with Crippen LogP contribution in [0.1, 0.15) is 45.1 Å². The highest BCUT2D eigenvalue weighted by molar-refractivity contribution is 7.91. The van der Waals surface area contributed by atoms with Gasteiger partial charge in [-0.05, 0) is 27.7 Å². The quantitative estimate of drug-likeness (QED) is 0.899. The van der Waals surface area contributed by atoms with Gasteiger partial charge in [0.25, 0.3) is 0 Å². The summed E-state index contributed by atoms with van der Waals surface area (Å²) in [7, 11) is -3.40. The molecule has 0 saturated carbocycles.